The van der Waals surface area contributed by atoms with Crippen molar-refractivity contribution in [2.24, 2.45) is 5.92 Å². The normalized spacial score (nSPS) is 11.3. The SMILES string of the molecule is CCNCCc1cn(CCOCC(C)C)cn1. The van der Waals surface area contributed by atoms with Crippen molar-refractivity contribution in [2.45, 2.75) is 33.7 Å². The molecule has 0 radical (unpaired) electrons. The van der Waals surface area contributed by atoms with E-state index in [-0.39, 0.29) is 0 Å². The maximum absolute atomic E-state index is 5.55. The Balaban J connectivity index is 2.16. The Morgan fingerprint density at radius 1 is 1.47 bits per heavy atom. The van der Waals surface area contributed by atoms with Crippen LogP contribution in [0.4, 0.5) is 0 Å². The molecule has 4 nitrogen and oxygen atoms in total. The standard InChI is InChI=1S/C13H25N3O/c1-4-14-6-5-13-9-16(11-15-13)7-8-17-10-12(2)3/h9,11-12,14H,4-8,10H2,1-3H3. The molecule has 17 heavy (non-hydrogen) atoms. The van der Waals surface area contributed by atoms with Crippen LogP contribution >= 0.6 is 0 Å². The fourth-order valence-corrected chi connectivity index (χ4v) is 1.54. The van der Waals surface area contributed by atoms with Gasteiger partial charge in [-0.3, -0.25) is 0 Å². The van der Waals surface area contributed by atoms with Crippen LogP contribution in [0, 0.1) is 5.92 Å². The number of hydrogen-bond acceptors (Lipinski definition) is 3. The second-order valence-electron chi connectivity index (χ2n) is 4.68. The summed E-state index contributed by atoms with van der Waals surface area (Å²) in [4.78, 5) is 4.37. The molecule has 0 saturated carbocycles. The second-order valence-corrected chi connectivity index (χ2v) is 4.68. The van der Waals surface area contributed by atoms with Crippen molar-refractivity contribution in [3.05, 3.63) is 18.2 Å². The van der Waals surface area contributed by atoms with E-state index in [0.29, 0.717) is 5.92 Å². The van der Waals surface area contributed by atoms with Crippen molar-refractivity contribution in [3.63, 3.8) is 0 Å². The quantitative estimate of drug-likeness (QED) is 0.667. The molecular weight excluding hydrogens is 214 g/mol. The number of likely N-dealkylation sites (N-methyl/N-ethyl adjacent to an activating group) is 1. The van der Waals surface area contributed by atoms with Crippen LogP contribution in [0.25, 0.3) is 0 Å². The highest BCUT2D eigenvalue weighted by Crippen LogP contribution is 1.98. The highest BCUT2D eigenvalue weighted by atomic mass is 16.5. The van der Waals surface area contributed by atoms with Crippen LogP contribution < -0.4 is 5.32 Å². The third-order valence-corrected chi connectivity index (χ3v) is 2.44. The molecular formula is C13H25N3O. The molecule has 0 amide bonds. The summed E-state index contributed by atoms with van der Waals surface area (Å²) in [5.74, 6) is 0.605. The zero-order valence-corrected chi connectivity index (χ0v) is 11.3. The van der Waals surface area contributed by atoms with E-state index in [2.05, 4.69) is 41.8 Å². The summed E-state index contributed by atoms with van der Waals surface area (Å²) in [6.45, 7) is 10.9. The molecule has 1 aromatic heterocycles. The summed E-state index contributed by atoms with van der Waals surface area (Å²) in [5.41, 5.74) is 1.15. The zero-order chi connectivity index (χ0) is 12.5. The summed E-state index contributed by atoms with van der Waals surface area (Å²) in [6.07, 6.45) is 4.99. The highest BCUT2D eigenvalue weighted by molar-refractivity contribution is 4.97. The summed E-state index contributed by atoms with van der Waals surface area (Å²) in [6, 6.07) is 0. The number of hydrogen-bond donors (Lipinski definition) is 1. The van der Waals surface area contributed by atoms with Gasteiger partial charge in [0.25, 0.3) is 0 Å². The van der Waals surface area contributed by atoms with Gasteiger partial charge in [-0.15, -0.1) is 0 Å². The molecule has 0 saturated heterocycles. The van der Waals surface area contributed by atoms with E-state index >= 15 is 0 Å². The number of rotatable bonds is 9. The van der Waals surface area contributed by atoms with Crippen molar-refractivity contribution in [1.82, 2.24) is 14.9 Å². The van der Waals surface area contributed by atoms with E-state index in [9.17, 15) is 0 Å². The lowest BCUT2D eigenvalue weighted by Crippen LogP contribution is -2.16. The Kier molecular flexibility index (Phi) is 6.89. The van der Waals surface area contributed by atoms with Crippen molar-refractivity contribution in [2.75, 3.05) is 26.3 Å². The Bertz CT molecular complexity index is 297. The summed E-state index contributed by atoms with van der Waals surface area (Å²) < 4.78 is 7.64. The van der Waals surface area contributed by atoms with Gasteiger partial charge in [-0.1, -0.05) is 20.8 Å². The molecule has 1 heterocycles. The van der Waals surface area contributed by atoms with Gasteiger partial charge in [0.2, 0.25) is 0 Å². The predicted octanol–water partition coefficient (Wildman–Crippen LogP) is 1.71. The minimum absolute atomic E-state index is 0.605. The van der Waals surface area contributed by atoms with Crippen LogP contribution in [0.5, 0.6) is 0 Å². The molecule has 0 fully saturated rings. The van der Waals surface area contributed by atoms with Crippen molar-refractivity contribution in [1.29, 1.82) is 0 Å². The Labute approximate surface area is 104 Å². The van der Waals surface area contributed by atoms with E-state index in [0.717, 1.165) is 45.0 Å². The molecule has 0 unspecified atom stereocenters. The lowest BCUT2D eigenvalue weighted by atomic mass is 10.2. The predicted molar refractivity (Wildman–Crippen MR) is 70.1 cm³/mol. The molecule has 0 aliphatic heterocycles. The molecule has 0 aliphatic rings. The highest BCUT2D eigenvalue weighted by Gasteiger charge is 1.99. The molecule has 0 aliphatic carbocycles. The van der Waals surface area contributed by atoms with Crippen LogP contribution in [0.1, 0.15) is 26.5 Å². The fourth-order valence-electron chi connectivity index (χ4n) is 1.54. The van der Waals surface area contributed by atoms with Gasteiger partial charge in [0.1, 0.15) is 0 Å². The molecule has 0 bridgehead atoms. The van der Waals surface area contributed by atoms with Crippen molar-refractivity contribution < 1.29 is 4.74 Å². The summed E-state index contributed by atoms with van der Waals surface area (Å²) in [7, 11) is 0. The smallest absolute Gasteiger partial charge is 0.0950 e. The van der Waals surface area contributed by atoms with Crippen LogP contribution in [0.2, 0.25) is 0 Å². The van der Waals surface area contributed by atoms with Gasteiger partial charge in [0.05, 0.1) is 18.6 Å². The first-order valence-electron chi connectivity index (χ1n) is 6.51. The third-order valence-electron chi connectivity index (χ3n) is 2.44. The molecule has 0 atom stereocenters. The topological polar surface area (TPSA) is 39.1 Å². The monoisotopic (exact) mass is 239 g/mol. The number of imidazole rings is 1. The van der Waals surface area contributed by atoms with Gasteiger partial charge < -0.3 is 14.6 Å². The zero-order valence-electron chi connectivity index (χ0n) is 11.3. The minimum Gasteiger partial charge on any atom is -0.379 e. The van der Waals surface area contributed by atoms with E-state index in [1.165, 1.54) is 0 Å². The van der Waals surface area contributed by atoms with Crippen LogP contribution in [-0.2, 0) is 17.7 Å². The Morgan fingerprint density at radius 2 is 2.29 bits per heavy atom. The summed E-state index contributed by atoms with van der Waals surface area (Å²) >= 11 is 0. The van der Waals surface area contributed by atoms with Crippen molar-refractivity contribution >= 4 is 0 Å². The maximum atomic E-state index is 5.55. The molecule has 0 spiro atoms. The lowest BCUT2D eigenvalue weighted by molar-refractivity contribution is 0.103. The summed E-state index contributed by atoms with van der Waals surface area (Å²) in [5, 5.41) is 3.30. The van der Waals surface area contributed by atoms with Gasteiger partial charge in [0.15, 0.2) is 0 Å². The number of ether oxygens (including phenoxy) is 1. The van der Waals surface area contributed by atoms with Crippen LogP contribution in [-0.4, -0.2) is 35.9 Å². The maximum Gasteiger partial charge on any atom is 0.0950 e. The minimum atomic E-state index is 0.605. The molecule has 1 N–H and O–H groups in total. The lowest BCUT2D eigenvalue weighted by Gasteiger charge is -2.06. The number of aromatic nitrogens is 2. The fraction of sp³-hybridized carbons (Fsp3) is 0.769. The van der Waals surface area contributed by atoms with E-state index < -0.39 is 0 Å². The van der Waals surface area contributed by atoms with Gasteiger partial charge in [-0.2, -0.15) is 0 Å². The number of nitrogens with zero attached hydrogens (tertiary/aromatic N) is 2. The van der Waals surface area contributed by atoms with Crippen LogP contribution in [0.15, 0.2) is 12.5 Å². The Hall–Kier alpha value is -0.870. The average Bonchev–Trinajstić information content (AvgIpc) is 2.73. The van der Waals surface area contributed by atoms with Gasteiger partial charge in [-0.25, -0.2) is 4.98 Å². The van der Waals surface area contributed by atoms with E-state index in [1.54, 1.807) is 0 Å². The molecule has 98 valence electrons. The average molecular weight is 239 g/mol. The molecule has 4 heteroatoms. The van der Waals surface area contributed by atoms with Crippen molar-refractivity contribution in [3.8, 4) is 0 Å². The first-order valence-corrected chi connectivity index (χ1v) is 6.51. The molecule has 1 rings (SSSR count). The molecule has 1 aromatic rings. The third kappa shape index (κ3) is 6.44. The van der Waals surface area contributed by atoms with E-state index in [1.807, 2.05) is 6.33 Å². The second kappa shape index (κ2) is 8.25. The number of nitrogens with one attached hydrogen (secondary N) is 1. The largest absolute Gasteiger partial charge is 0.379 e. The van der Waals surface area contributed by atoms with Gasteiger partial charge in [-0.05, 0) is 12.5 Å². The first-order chi connectivity index (χ1) is 8.22. The molecule has 0 aromatic carbocycles. The van der Waals surface area contributed by atoms with Gasteiger partial charge >= 0.3 is 0 Å². The Morgan fingerprint density at radius 3 is 3.00 bits per heavy atom. The van der Waals surface area contributed by atoms with Crippen LogP contribution in [0.3, 0.4) is 0 Å². The van der Waals surface area contributed by atoms with E-state index in [4.69, 9.17) is 4.74 Å². The van der Waals surface area contributed by atoms with Gasteiger partial charge in [0, 0.05) is 32.3 Å². The first kappa shape index (κ1) is 14.2.